The lowest BCUT2D eigenvalue weighted by Gasteiger charge is -2.13. The van der Waals surface area contributed by atoms with Gasteiger partial charge in [0.05, 0.1) is 22.4 Å². The van der Waals surface area contributed by atoms with Gasteiger partial charge in [0.15, 0.2) is 5.82 Å². The quantitative estimate of drug-likeness (QED) is 0.486. The maximum absolute atomic E-state index is 12.7. The van der Waals surface area contributed by atoms with Crippen molar-refractivity contribution in [3.63, 3.8) is 0 Å². The molecule has 1 atom stereocenters. The molecule has 0 saturated heterocycles. The second-order valence-electron chi connectivity index (χ2n) is 6.32. The van der Waals surface area contributed by atoms with Crippen LogP contribution in [-0.2, 0) is 11.3 Å². The predicted molar refractivity (Wildman–Crippen MR) is 116 cm³/mol. The Morgan fingerprint density at radius 2 is 1.82 bits per heavy atom. The number of hydrogen-bond acceptors (Lipinski definition) is 3. The van der Waals surface area contributed by atoms with Gasteiger partial charge in [0.25, 0.3) is 0 Å². The molecule has 148 valence electrons. The Labute approximate surface area is 185 Å². The lowest BCUT2D eigenvalue weighted by molar-refractivity contribution is -0.119. The van der Waals surface area contributed by atoms with E-state index in [-0.39, 0.29) is 11.7 Å². The second kappa shape index (κ2) is 8.45. The van der Waals surface area contributed by atoms with Crippen LogP contribution in [0, 0.1) is 13.8 Å². The molecule has 0 bridgehead atoms. The zero-order chi connectivity index (χ0) is 20.6. The Hall–Kier alpha value is -1.54. The summed E-state index contributed by atoms with van der Waals surface area (Å²) in [5.41, 5.74) is 2.41. The second-order valence-corrected chi connectivity index (χ2v) is 8.33. The molecule has 1 aromatic carbocycles. The summed E-state index contributed by atoms with van der Waals surface area (Å²) in [4.78, 5) is 12.7. The average molecular weight is 506 g/mol. The topological polar surface area (TPSA) is 64.7 Å². The van der Waals surface area contributed by atoms with Crippen molar-refractivity contribution in [3.05, 3.63) is 60.9 Å². The fourth-order valence-corrected chi connectivity index (χ4v) is 3.74. The normalized spacial score (nSPS) is 12.2. The number of anilines is 1. The van der Waals surface area contributed by atoms with Gasteiger partial charge in [0, 0.05) is 21.8 Å². The van der Waals surface area contributed by atoms with Gasteiger partial charge in [-0.05, 0) is 48.8 Å². The third-order valence-electron chi connectivity index (χ3n) is 4.32. The molecule has 1 unspecified atom stereocenters. The van der Waals surface area contributed by atoms with Gasteiger partial charge in [-0.15, -0.1) is 0 Å². The van der Waals surface area contributed by atoms with E-state index in [1.165, 1.54) is 0 Å². The Morgan fingerprint density at radius 1 is 1.18 bits per heavy atom. The van der Waals surface area contributed by atoms with E-state index in [9.17, 15) is 4.79 Å². The number of carbonyl (C=O) groups is 1. The number of carbonyl (C=O) groups excluding carboxylic acids is 1. The fraction of sp³-hybridized carbons (Fsp3) is 0.278. The van der Waals surface area contributed by atoms with Crippen LogP contribution in [-0.4, -0.2) is 25.5 Å². The number of aromatic nitrogens is 4. The maximum Gasteiger partial charge on any atom is 0.250 e. The molecule has 0 aliphatic carbocycles. The molecule has 2 aromatic heterocycles. The lowest BCUT2D eigenvalue weighted by Crippen LogP contribution is -2.25. The Balaban J connectivity index is 1.78. The van der Waals surface area contributed by atoms with Crippen LogP contribution < -0.4 is 5.32 Å². The summed E-state index contributed by atoms with van der Waals surface area (Å²) in [5, 5.41) is 12.9. The van der Waals surface area contributed by atoms with Crippen LogP contribution in [0.15, 0.2) is 28.9 Å². The first-order valence-corrected chi connectivity index (χ1v) is 10.3. The van der Waals surface area contributed by atoms with E-state index in [1.807, 2.05) is 13.8 Å². The van der Waals surface area contributed by atoms with Crippen LogP contribution in [0.5, 0.6) is 0 Å². The van der Waals surface area contributed by atoms with Crippen molar-refractivity contribution in [2.75, 3.05) is 5.32 Å². The minimum absolute atomic E-state index is 0.266. The molecule has 0 aliphatic heterocycles. The van der Waals surface area contributed by atoms with Crippen molar-refractivity contribution >= 4 is 62.5 Å². The standard InChI is InChI=1S/C18H17BrCl3N5O/c1-9-16(19)10(2)27(24-9)11(3)18(28)23-17-15(22)8-26(25-17)7-12-13(20)5-4-6-14(12)21/h4-6,8,11H,7H2,1-3H3,(H,23,25,28). The van der Waals surface area contributed by atoms with Gasteiger partial charge >= 0.3 is 0 Å². The summed E-state index contributed by atoms with van der Waals surface area (Å²) in [6.07, 6.45) is 1.61. The summed E-state index contributed by atoms with van der Waals surface area (Å²) in [6.45, 7) is 5.85. The SMILES string of the molecule is Cc1nn(C(C)C(=O)Nc2nn(Cc3c(Cl)cccc3Cl)cc2Cl)c(C)c1Br. The summed E-state index contributed by atoms with van der Waals surface area (Å²) < 4.78 is 4.12. The molecule has 0 radical (unpaired) electrons. The highest BCUT2D eigenvalue weighted by molar-refractivity contribution is 9.10. The average Bonchev–Trinajstić information content (AvgIpc) is 3.11. The van der Waals surface area contributed by atoms with Crippen LogP contribution in [0.4, 0.5) is 5.82 Å². The van der Waals surface area contributed by atoms with Crippen LogP contribution in [0.1, 0.15) is 29.9 Å². The fourth-order valence-electron chi connectivity index (χ4n) is 2.76. The molecule has 0 fully saturated rings. The number of benzene rings is 1. The van der Waals surface area contributed by atoms with Gasteiger partial charge in [0.1, 0.15) is 11.1 Å². The Kier molecular flexibility index (Phi) is 6.39. The highest BCUT2D eigenvalue weighted by Crippen LogP contribution is 2.28. The van der Waals surface area contributed by atoms with E-state index in [2.05, 4.69) is 31.4 Å². The van der Waals surface area contributed by atoms with E-state index in [4.69, 9.17) is 34.8 Å². The van der Waals surface area contributed by atoms with Gasteiger partial charge in [-0.3, -0.25) is 14.2 Å². The number of amides is 1. The first-order chi connectivity index (χ1) is 13.2. The number of nitrogens with zero attached hydrogens (tertiary/aromatic N) is 4. The van der Waals surface area contributed by atoms with E-state index >= 15 is 0 Å². The number of hydrogen-bond donors (Lipinski definition) is 1. The molecule has 2 heterocycles. The minimum atomic E-state index is -0.538. The van der Waals surface area contributed by atoms with Crippen molar-refractivity contribution in [2.24, 2.45) is 0 Å². The summed E-state index contributed by atoms with van der Waals surface area (Å²) in [5.74, 6) is -0.0108. The first kappa shape index (κ1) is 21.2. The monoisotopic (exact) mass is 503 g/mol. The molecule has 3 aromatic rings. The molecule has 1 N–H and O–H groups in total. The minimum Gasteiger partial charge on any atom is -0.306 e. The van der Waals surface area contributed by atoms with Crippen molar-refractivity contribution in [3.8, 4) is 0 Å². The van der Waals surface area contributed by atoms with Crippen molar-refractivity contribution < 1.29 is 4.79 Å². The molecule has 6 nitrogen and oxygen atoms in total. The van der Waals surface area contributed by atoms with Crippen molar-refractivity contribution in [1.82, 2.24) is 19.6 Å². The summed E-state index contributed by atoms with van der Waals surface area (Å²) in [6, 6.07) is 4.74. The van der Waals surface area contributed by atoms with E-state index < -0.39 is 6.04 Å². The van der Waals surface area contributed by atoms with Crippen LogP contribution in [0.25, 0.3) is 0 Å². The van der Waals surface area contributed by atoms with E-state index in [0.717, 1.165) is 21.4 Å². The van der Waals surface area contributed by atoms with Crippen LogP contribution in [0.3, 0.4) is 0 Å². The third-order valence-corrected chi connectivity index (χ3v) is 6.46. The molecular formula is C18H17BrCl3N5O. The number of nitrogens with one attached hydrogen (secondary N) is 1. The Morgan fingerprint density at radius 3 is 2.39 bits per heavy atom. The van der Waals surface area contributed by atoms with E-state index in [1.54, 1.807) is 40.7 Å². The zero-order valence-corrected chi connectivity index (χ0v) is 19.2. The van der Waals surface area contributed by atoms with Gasteiger partial charge in [-0.1, -0.05) is 40.9 Å². The van der Waals surface area contributed by atoms with Gasteiger partial charge in [-0.2, -0.15) is 10.2 Å². The highest BCUT2D eigenvalue weighted by atomic mass is 79.9. The lowest BCUT2D eigenvalue weighted by atomic mass is 10.2. The smallest absolute Gasteiger partial charge is 0.250 e. The van der Waals surface area contributed by atoms with Crippen LogP contribution >= 0.6 is 50.7 Å². The molecule has 3 rings (SSSR count). The van der Waals surface area contributed by atoms with Gasteiger partial charge in [0.2, 0.25) is 5.91 Å². The predicted octanol–water partition coefficient (Wildman–Crippen LogP) is 5.67. The number of aryl methyl sites for hydroxylation is 1. The molecule has 1 amide bonds. The zero-order valence-electron chi connectivity index (χ0n) is 15.3. The largest absolute Gasteiger partial charge is 0.306 e. The molecule has 10 heteroatoms. The van der Waals surface area contributed by atoms with Crippen LogP contribution in [0.2, 0.25) is 15.1 Å². The molecule has 0 spiro atoms. The maximum atomic E-state index is 12.7. The molecule has 0 aliphatic rings. The van der Waals surface area contributed by atoms with E-state index in [0.29, 0.717) is 21.6 Å². The molecule has 0 saturated carbocycles. The van der Waals surface area contributed by atoms with Crippen molar-refractivity contribution in [1.29, 1.82) is 0 Å². The third kappa shape index (κ3) is 4.22. The van der Waals surface area contributed by atoms with Crippen molar-refractivity contribution in [2.45, 2.75) is 33.4 Å². The van der Waals surface area contributed by atoms with Gasteiger partial charge < -0.3 is 5.32 Å². The first-order valence-electron chi connectivity index (χ1n) is 8.37. The number of rotatable bonds is 5. The molecule has 28 heavy (non-hydrogen) atoms. The highest BCUT2D eigenvalue weighted by Gasteiger charge is 2.22. The van der Waals surface area contributed by atoms with Gasteiger partial charge in [-0.25, -0.2) is 0 Å². The summed E-state index contributed by atoms with van der Waals surface area (Å²) in [7, 11) is 0. The molecular weight excluding hydrogens is 488 g/mol. The summed E-state index contributed by atoms with van der Waals surface area (Å²) >= 11 is 22.1. The number of halogens is 4. The Bertz CT molecular complexity index is 1030.